The number of aromatic nitrogens is 4. The number of aromatic amines is 1. The zero-order valence-corrected chi connectivity index (χ0v) is 12.9. The maximum atomic E-state index is 12.9. The predicted molar refractivity (Wildman–Crippen MR) is 88.7 cm³/mol. The minimum atomic E-state index is -0.528. The second-order valence-electron chi connectivity index (χ2n) is 5.48. The van der Waals surface area contributed by atoms with Gasteiger partial charge in [0.25, 0.3) is 11.5 Å². The van der Waals surface area contributed by atoms with Gasteiger partial charge in [-0.3, -0.25) is 9.59 Å². The monoisotopic (exact) mass is 337 g/mol. The van der Waals surface area contributed by atoms with Crippen molar-refractivity contribution in [3.8, 4) is 0 Å². The van der Waals surface area contributed by atoms with E-state index in [9.17, 15) is 14.0 Å². The lowest BCUT2D eigenvalue weighted by molar-refractivity contribution is 0.0947. The van der Waals surface area contributed by atoms with Gasteiger partial charge in [0.1, 0.15) is 5.82 Å². The number of halogens is 1. The third-order valence-corrected chi connectivity index (χ3v) is 3.85. The van der Waals surface area contributed by atoms with Crippen molar-refractivity contribution >= 4 is 22.5 Å². The first-order chi connectivity index (χ1) is 12.1. The number of rotatable bonds is 3. The zero-order chi connectivity index (χ0) is 17.4. The van der Waals surface area contributed by atoms with Gasteiger partial charge in [-0.05, 0) is 29.8 Å². The molecule has 0 aliphatic carbocycles. The van der Waals surface area contributed by atoms with Crippen LogP contribution in [0.15, 0.2) is 53.3 Å². The quantitative estimate of drug-likeness (QED) is 0.594. The van der Waals surface area contributed by atoms with Crippen LogP contribution in [0.3, 0.4) is 0 Å². The molecule has 0 saturated heterocycles. The van der Waals surface area contributed by atoms with Crippen LogP contribution in [0.4, 0.5) is 4.39 Å². The Balaban J connectivity index is 1.69. The molecule has 0 bridgehead atoms. The van der Waals surface area contributed by atoms with Gasteiger partial charge in [0.2, 0.25) is 0 Å². The maximum Gasteiger partial charge on any atom is 0.277 e. The van der Waals surface area contributed by atoms with Crippen molar-refractivity contribution in [2.24, 2.45) is 0 Å². The molecule has 2 aromatic carbocycles. The van der Waals surface area contributed by atoms with E-state index in [2.05, 4.69) is 20.6 Å². The average Bonchev–Trinajstić information content (AvgIpc) is 3.07. The molecule has 7 nitrogen and oxygen atoms in total. The van der Waals surface area contributed by atoms with Crippen molar-refractivity contribution in [3.63, 3.8) is 0 Å². The Bertz CT molecular complexity index is 1150. The van der Waals surface area contributed by atoms with Crippen LogP contribution >= 0.6 is 0 Å². The molecule has 0 radical (unpaired) electrons. The molecule has 0 spiro atoms. The Morgan fingerprint density at radius 2 is 1.92 bits per heavy atom. The summed E-state index contributed by atoms with van der Waals surface area (Å²) in [5, 5.41) is 10.4. The van der Waals surface area contributed by atoms with E-state index in [1.807, 2.05) is 0 Å². The molecule has 0 aliphatic rings. The van der Waals surface area contributed by atoms with Crippen molar-refractivity contribution in [2.75, 3.05) is 0 Å². The first-order valence-corrected chi connectivity index (χ1v) is 7.52. The summed E-state index contributed by atoms with van der Waals surface area (Å²) in [6.07, 6.45) is 0. The van der Waals surface area contributed by atoms with E-state index < -0.39 is 11.5 Å². The second kappa shape index (κ2) is 5.82. The summed E-state index contributed by atoms with van der Waals surface area (Å²) in [7, 11) is 0. The van der Waals surface area contributed by atoms with E-state index in [1.165, 1.54) is 16.6 Å². The highest BCUT2D eigenvalue weighted by atomic mass is 19.1. The summed E-state index contributed by atoms with van der Waals surface area (Å²) in [6.45, 7) is 0.184. The first-order valence-electron chi connectivity index (χ1n) is 7.52. The standard InChI is InChI=1S/C17H12FN5O2/c18-11-7-5-10(6-8-11)9-19-16(24)14-15-17(25)20-12-3-1-2-4-13(12)23(15)22-21-14/h1-8H,9H2,(H,19,24)(H,20,25). The van der Waals surface area contributed by atoms with Crippen molar-refractivity contribution in [2.45, 2.75) is 6.54 Å². The van der Waals surface area contributed by atoms with Gasteiger partial charge in [-0.1, -0.05) is 29.5 Å². The largest absolute Gasteiger partial charge is 0.346 e. The summed E-state index contributed by atoms with van der Waals surface area (Å²) in [5.41, 5.74) is 1.54. The normalized spacial score (nSPS) is 11.1. The highest BCUT2D eigenvalue weighted by molar-refractivity contribution is 5.99. The minimum absolute atomic E-state index is 0.0610. The molecule has 1 amide bonds. The number of para-hydroxylation sites is 2. The van der Waals surface area contributed by atoms with E-state index >= 15 is 0 Å². The number of nitrogens with zero attached hydrogens (tertiary/aromatic N) is 3. The summed E-state index contributed by atoms with van der Waals surface area (Å²) in [4.78, 5) is 27.4. The van der Waals surface area contributed by atoms with E-state index in [0.29, 0.717) is 11.0 Å². The molecular formula is C17H12FN5O2. The van der Waals surface area contributed by atoms with Gasteiger partial charge in [-0.2, -0.15) is 0 Å². The number of fused-ring (bicyclic) bond motifs is 3. The third kappa shape index (κ3) is 2.63. The van der Waals surface area contributed by atoms with E-state index in [-0.39, 0.29) is 23.6 Å². The van der Waals surface area contributed by atoms with Crippen LogP contribution in [-0.4, -0.2) is 25.7 Å². The number of amides is 1. The van der Waals surface area contributed by atoms with Crippen molar-refractivity contribution in [1.82, 2.24) is 25.1 Å². The number of hydrogen-bond donors (Lipinski definition) is 2. The average molecular weight is 337 g/mol. The van der Waals surface area contributed by atoms with Gasteiger partial charge in [0.05, 0.1) is 11.0 Å². The lowest BCUT2D eigenvalue weighted by Gasteiger charge is -2.04. The molecular weight excluding hydrogens is 325 g/mol. The Labute approximate surface area is 140 Å². The topological polar surface area (TPSA) is 92.2 Å². The van der Waals surface area contributed by atoms with Gasteiger partial charge in [0.15, 0.2) is 11.2 Å². The third-order valence-electron chi connectivity index (χ3n) is 3.85. The second-order valence-corrected chi connectivity index (χ2v) is 5.48. The van der Waals surface area contributed by atoms with E-state index in [1.54, 1.807) is 36.4 Å². The van der Waals surface area contributed by atoms with E-state index in [4.69, 9.17) is 0 Å². The number of carbonyl (C=O) groups excluding carboxylic acids is 1. The molecule has 8 heteroatoms. The fourth-order valence-corrected chi connectivity index (χ4v) is 2.62. The van der Waals surface area contributed by atoms with Gasteiger partial charge in [-0.15, -0.1) is 5.10 Å². The number of H-pyrrole nitrogens is 1. The highest BCUT2D eigenvalue weighted by Gasteiger charge is 2.19. The fourth-order valence-electron chi connectivity index (χ4n) is 2.62. The molecule has 0 unspecified atom stereocenters. The van der Waals surface area contributed by atoms with Crippen molar-refractivity contribution < 1.29 is 9.18 Å². The molecule has 2 N–H and O–H groups in total. The van der Waals surface area contributed by atoms with Gasteiger partial charge >= 0.3 is 0 Å². The summed E-state index contributed by atoms with van der Waals surface area (Å²) < 4.78 is 14.3. The van der Waals surface area contributed by atoms with Crippen molar-refractivity contribution in [1.29, 1.82) is 0 Å². The van der Waals surface area contributed by atoms with Crippen LogP contribution in [0.5, 0.6) is 0 Å². The molecule has 4 aromatic rings. The van der Waals surface area contributed by atoms with Crippen LogP contribution in [0.25, 0.3) is 16.6 Å². The molecule has 0 atom stereocenters. The van der Waals surface area contributed by atoms with Gasteiger partial charge in [0, 0.05) is 6.54 Å². The Hall–Kier alpha value is -3.55. The van der Waals surface area contributed by atoms with E-state index in [0.717, 1.165) is 5.56 Å². The van der Waals surface area contributed by atoms with Crippen LogP contribution in [-0.2, 0) is 6.54 Å². The first kappa shape index (κ1) is 15.0. The Kier molecular flexibility index (Phi) is 3.50. The Morgan fingerprint density at radius 3 is 2.72 bits per heavy atom. The minimum Gasteiger partial charge on any atom is -0.346 e. The summed E-state index contributed by atoms with van der Waals surface area (Å²) in [5.74, 6) is -0.877. The fraction of sp³-hybridized carbons (Fsp3) is 0.0588. The highest BCUT2D eigenvalue weighted by Crippen LogP contribution is 2.12. The lowest BCUT2D eigenvalue weighted by atomic mass is 10.2. The summed E-state index contributed by atoms with van der Waals surface area (Å²) >= 11 is 0. The van der Waals surface area contributed by atoms with Gasteiger partial charge < -0.3 is 10.3 Å². The van der Waals surface area contributed by atoms with Crippen LogP contribution < -0.4 is 10.9 Å². The summed E-state index contributed by atoms with van der Waals surface area (Å²) in [6, 6.07) is 12.9. The molecule has 0 fully saturated rings. The lowest BCUT2D eigenvalue weighted by Crippen LogP contribution is -2.25. The Morgan fingerprint density at radius 1 is 1.16 bits per heavy atom. The number of benzene rings is 2. The molecule has 4 rings (SSSR count). The predicted octanol–water partition coefficient (Wildman–Crippen LogP) is 1.64. The van der Waals surface area contributed by atoms with Crippen molar-refractivity contribution in [3.05, 3.63) is 76.0 Å². The molecule has 0 saturated carbocycles. The SMILES string of the molecule is O=C(NCc1ccc(F)cc1)c1nnn2c1c(=O)[nH]c1ccccc12. The maximum absolute atomic E-state index is 12.9. The smallest absolute Gasteiger partial charge is 0.277 e. The van der Waals surface area contributed by atoms with Crippen LogP contribution in [0.2, 0.25) is 0 Å². The molecule has 2 aromatic heterocycles. The van der Waals surface area contributed by atoms with Crippen LogP contribution in [0.1, 0.15) is 16.1 Å². The van der Waals surface area contributed by atoms with Gasteiger partial charge in [-0.25, -0.2) is 8.91 Å². The number of hydrogen-bond acceptors (Lipinski definition) is 4. The number of nitrogens with one attached hydrogen (secondary N) is 2. The molecule has 124 valence electrons. The zero-order valence-electron chi connectivity index (χ0n) is 12.9. The molecule has 0 aliphatic heterocycles. The molecule has 25 heavy (non-hydrogen) atoms. The molecule has 2 heterocycles. The number of carbonyl (C=O) groups is 1. The van der Waals surface area contributed by atoms with Crippen LogP contribution in [0, 0.1) is 5.82 Å².